The molecule has 0 radical (unpaired) electrons. The number of aryl methyl sites for hydroxylation is 1. The largest absolute Gasteiger partial charge is 0.463 e. The van der Waals surface area contributed by atoms with Crippen molar-refractivity contribution in [3.63, 3.8) is 0 Å². The SMILES string of the molecule is CCOC(=O)C1=C(Cn2cnc3c2c(=O)n(C)c(=O)n3C)NC(=O)N[C@@H]1CC. The first-order valence-corrected chi connectivity index (χ1v) is 8.88. The molecule has 0 spiro atoms. The van der Waals surface area contributed by atoms with Crippen LogP contribution in [0.4, 0.5) is 4.79 Å². The normalized spacial score (nSPS) is 16.9. The van der Waals surface area contributed by atoms with Crippen LogP contribution in [0.1, 0.15) is 20.3 Å². The monoisotopic (exact) mass is 390 g/mol. The Labute approximate surface area is 159 Å². The van der Waals surface area contributed by atoms with Crippen LogP contribution in [0.3, 0.4) is 0 Å². The van der Waals surface area contributed by atoms with Gasteiger partial charge >= 0.3 is 17.7 Å². The number of carbonyl (C=O) groups is 2. The highest BCUT2D eigenvalue weighted by atomic mass is 16.5. The zero-order valence-electron chi connectivity index (χ0n) is 16.1. The van der Waals surface area contributed by atoms with Gasteiger partial charge in [-0.3, -0.25) is 13.9 Å². The molecule has 11 nitrogen and oxygen atoms in total. The molecule has 3 heterocycles. The molecule has 0 saturated heterocycles. The van der Waals surface area contributed by atoms with Crippen LogP contribution in [0.25, 0.3) is 11.2 Å². The van der Waals surface area contributed by atoms with Gasteiger partial charge in [-0.2, -0.15) is 0 Å². The zero-order valence-corrected chi connectivity index (χ0v) is 16.1. The third-order valence-electron chi connectivity index (χ3n) is 4.69. The van der Waals surface area contributed by atoms with Gasteiger partial charge in [-0.25, -0.2) is 19.4 Å². The molecule has 1 aliphatic heterocycles. The van der Waals surface area contributed by atoms with E-state index in [0.717, 1.165) is 4.57 Å². The molecule has 3 rings (SSSR count). The average molecular weight is 390 g/mol. The van der Waals surface area contributed by atoms with E-state index in [1.54, 1.807) is 6.92 Å². The van der Waals surface area contributed by atoms with Gasteiger partial charge in [-0.05, 0) is 13.3 Å². The van der Waals surface area contributed by atoms with Gasteiger partial charge in [0, 0.05) is 14.1 Å². The minimum atomic E-state index is -0.540. The summed E-state index contributed by atoms with van der Waals surface area (Å²) in [7, 11) is 2.90. The smallest absolute Gasteiger partial charge is 0.337 e. The summed E-state index contributed by atoms with van der Waals surface area (Å²) in [5.41, 5.74) is 0.0353. The Hall–Kier alpha value is -3.37. The van der Waals surface area contributed by atoms with Crippen LogP contribution in [0.5, 0.6) is 0 Å². The summed E-state index contributed by atoms with van der Waals surface area (Å²) >= 11 is 0. The van der Waals surface area contributed by atoms with E-state index in [1.807, 2.05) is 6.92 Å². The second-order valence-electron chi connectivity index (χ2n) is 6.42. The van der Waals surface area contributed by atoms with Gasteiger partial charge in [0.25, 0.3) is 5.56 Å². The van der Waals surface area contributed by atoms with E-state index in [2.05, 4.69) is 15.6 Å². The Morgan fingerprint density at radius 1 is 1.21 bits per heavy atom. The summed E-state index contributed by atoms with van der Waals surface area (Å²) < 4.78 is 8.89. The van der Waals surface area contributed by atoms with E-state index < -0.39 is 29.3 Å². The number of hydrogen-bond acceptors (Lipinski definition) is 6. The number of fused-ring (bicyclic) bond motifs is 1. The van der Waals surface area contributed by atoms with Crippen molar-refractivity contribution in [3.05, 3.63) is 38.4 Å². The lowest BCUT2D eigenvalue weighted by molar-refractivity contribution is -0.139. The summed E-state index contributed by atoms with van der Waals surface area (Å²) in [6.07, 6.45) is 1.89. The Kier molecular flexibility index (Phi) is 5.08. The maximum Gasteiger partial charge on any atom is 0.337 e. The van der Waals surface area contributed by atoms with Gasteiger partial charge in [-0.1, -0.05) is 6.92 Å². The second-order valence-corrected chi connectivity index (χ2v) is 6.42. The van der Waals surface area contributed by atoms with Gasteiger partial charge in [0.05, 0.1) is 36.8 Å². The van der Waals surface area contributed by atoms with Crippen LogP contribution in [0.15, 0.2) is 27.2 Å². The number of ether oxygens (including phenoxy) is 1. The Bertz CT molecular complexity index is 1110. The molecule has 1 atom stereocenters. The average Bonchev–Trinajstić information content (AvgIpc) is 3.07. The molecule has 0 bridgehead atoms. The predicted molar refractivity (Wildman–Crippen MR) is 99.6 cm³/mol. The van der Waals surface area contributed by atoms with E-state index in [4.69, 9.17) is 4.74 Å². The highest BCUT2D eigenvalue weighted by molar-refractivity contribution is 5.94. The molecule has 2 N–H and O–H groups in total. The molecular formula is C17H22N6O5. The van der Waals surface area contributed by atoms with Gasteiger partial charge < -0.3 is 19.9 Å². The van der Waals surface area contributed by atoms with E-state index >= 15 is 0 Å². The van der Waals surface area contributed by atoms with Crippen molar-refractivity contribution in [2.45, 2.75) is 32.9 Å². The summed E-state index contributed by atoms with van der Waals surface area (Å²) in [5, 5.41) is 5.33. The lowest BCUT2D eigenvalue weighted by Gasteiger charge is -2.28. The fourth-order valence-corrected chi connectivity index (χ4v) is 3.27. The standard InChI is InChI=1S/C17H22N6O5/c1-5-9-11(15(25)28-6-2)10(20-16(26)19-9)7-23-8-18-13-12(23)14(24)22(4)17(27)21(13)3/h8-9H,5-7H2,1-4H3,(H2,19,20,26)/t9-/m1/s1. The van der Waals surface area contributed by atoms with E-state index in [0.29, 0.717) is 17.7 Å². The maximum absolute atomic E-state index is 12.6. The molecule has 150 valence electrons. The lowest BCUT2D eigenvalue weighted by Crippen LogP contribution is -2.51. The topological polar surface area (TPSA) is 129 Å². The number of esters is 1. The minimum absolute atomic E-state index is 0.0159. The Morgan fingerprint density at radius 3 is 2.57 bits per heavy atom. The fourth-order valence-electron chi connectivity index (χ4n) is 3.27. The van der Waals surface area contributed by atoms with E-state index in [1.165, 1.54) is 29.6 Å². The number of nitrogens with one attached hydrogen (secondary N) is 2. The minimum Gasteiger partial charge on any atom is -0.463 e. The Balaban J connectivity index is 2.17. The molecule has 0 unspecified atom stereocenters. The number of amides is 2. The van der Waals surface area contributed by atoms with E-state index in [-0.39, 0.29) is 24.3 Å². The summed E-state index contributed by atoms with van der Waals surface area (Å²) in [6.45, 7) is 3.74. The summed E-state index contributed by atoms with van der Waals surface area (Å²) in [6, 6.07) is -0.954. The zero-order chi connectivity index (χ0) is 20.6. The first kappa shape index (κ1) is 19.4. The van der Waals surface area contributed by atoms with Gasteiger partial charge in [0.15, 0.2) is 11.2 Å². The number of allylic oxidation sites excluding steroid dienone is 1. The third kappa shape index (κ3) is 3.08. The molecular weight excluding hydrogens is 368 g/mol. The highest BCUT2D eigenvalue weighted by Crippen LogP contribution is 2.19. The summed E-state index contributed by atoms with van der Waals surface area (Å²) in [5.74, 6) is -0.540. The van der Waals surface area contributed by atoms with Crippen molar-refractivity contribution in [2.75, 3.05) is 6.61 Å². The van der Waals surface area contributed by atoms with Crippen LogP contribution >= 0.6 is 0 Å². The molecule has 2 aromatic rings. The van der Waals surface area contributed by atoms with Crippen LogP contribution in [-0.4, -0.2) is 43.3 Å². The number of carbonyl (C=O) groups excluding carboxylic acids is 2. The summed E-state index contributed by atoms with van der Waals surface area (Å²) in [4.78, 5) is 53.4. The van der Waals surface area contributed by atoms with E-state index in [9.17, 15) is 19.2 Å². The van der Waals surface area contributed by atoms with Gasteiger partial charge in [0.2, 0.25) is 0 Å². The molecule has 2 aromatic heterocycles. The number of aromatic nitrogens is 4. The number of urea groups is 1. The molecule has 1 aliphatic rings. The van der Waals surface area contributed by atoms with Crippen molar-refractivity contribution in [3.8, 4) is 0 Å². The van der Waals surface area contributed by atoms with Crippen LogP contribution in [0, 0.1) is 0 Å². The van der Waals surface area contributed by atoms with Crippen molar-refractivity contribution in [2.24, 2.45) is 14.1 Å². The third-order valence-corrected chi connectivity index (χ3v) is 4.69. The van der Waals surface area contributed by atoms with Crippen LogP contribution in [-0.2, 0) is 30.2 Å². The molecule has 0 fully saturated rings. The number of nitrogens with zero attached hydrogens (tertiary/aromatic N) is 4. The second kappa shape index (κ2) is 7.33. The van der Waals surface area contributed by atoms with Gasteiger partial charge in [-0.15, -0.1) is 0 Å². The Morgan fingerprint density at radius 2 is 1.93 bits per heavy atom. The quantitative estimate of drug-likeness (QED) is 0.652. The molecule has 11 heteroatoms. The number of imidazole rings is 1. The fraction of sp³-hybridized carbons (Fsp3) is 0.471. The molecule has 0 aliphatic carbocycles. The first-order chi connectivity index (χ1) is 13.3. The predicted octanol–water partition coefficient (Wildman–Crippen LogP) is -0.658. The van der Waals surface area contributed by atoms with Crippen LogP contribution < -0.4 is 21.9 Å². The lowest BCUT2D eigenvalue weighted by atomic mass is 10.00. The highest BCUT2D eigenvalue weighted by Gasteiger charge is 2.32. The maximum atomic E-state index is 12.6. The van der Waals surface area contributed by atoms with Crippen molar-refractivity contribution >= 4 is 23.2 Å². The van der Waals surface area contributed by atoms with Crippen molar-refractivity contribution < 1.29 is 14.3 Å². The van der Waals surface area contributed by atoms with Crippen LogP contribution in [0.2, 0.25) is 0 Å². The van der Waals surface area contributed by atoms with Crippen molar-refractivity contribution in [1.29, 1.82) is 0 Å². The molecule has 0 saturated carbocycles. The first-order valence-electron chi connectivity index (χ1n) is 8.88. The van der Waals surface area contributed by atoms with Gasteiger partial charge in [0.1, 0.15) is 0 Å². The number of hydrogen-bond donors (Lipinski definition) is 2. The molecule has 0 aromatic carbocycles. The number of rotatable bonds is 5. The molecule has 28 heavy (non-hydrogen) atoms. The molecule has 2 amide bonds. The van der Waals surface area contributed by atoms with Crippen molar-refractivity contribution in [1.82, 2.24) is 29.3 Å².